The van der Waals surface area contributed by atoms with Gasteiger partial charge in [0.25, 0.3) is 0 Å². The van der Waals surface area contributed by atoms with E-state index in [1.54, 1.807) is 0 Å². The maximum Gasteiger partial charge on any atom is 0.00860 e. The van der Waals surface area contributed by atoms with Gasteiger partial charge in [-0.1, -0.05) is 167 Å². The molecule has 0 heteroatoms. The van der Waals surface area contributed by atoms with Gasteiger partial charge in [-0.25, -0.2) is 0 Å². The van der Waals surface area contributed by atoms with E-state index in [-0.39, 0.29) is 0 Å². The highest BCUT2D eigenvalue weighted by Crippen LogP contribution is 2.16. The van der Waals surface area contributed by atoms with Crippen LogP contribution in [0.4, 0.5) is 0 Å². The van der Waals surface area contributed by atoms with Crippen LogP contribution in [0.3, 0.4) is 0 Å². The molecule has 0 aliphatic carbocycles. The summed E-state index contributed by atoms with van der Waals surface area (Å²) in [5, 5.41) is 0. The number of unbranched alkanes of at least 4 members (excludes halogenated alkanes) is 26. The van der Waals surface area contributed by atoms with E-state index in [4.69, 9.17) is 6.42 Å². The molecule has 0 aliphatic rings. The first kappa shape index (κ1) is 29.6. The van der Waals surface area contributed by atoms with Crippen LogP contribution in [0.15, 0.2) is 0 Å². The maximum atomic E-state index is 5.28. The second-order valence-electron chi connectivity index (χ2n) is 9.65. The van der Waals surface area contributed by atoms with Crippen molar-refractivity contribution < 1.29 is 0 Å². The molecule has 0 heterocycles. The fraction of sp³-hybridized carbons (Fsp3) is 0.900. The summed E-state index contributed by atoms with van der Waals surface area (Å²) in [7, 11) is 0. The van der Waals surface area contributed by atoms with Crippen LogP contribution in [-0.2, 0) is 0 Å². The van der Waals surface area contributed by atoms with Gasteiger partial charge in [0.05, 0.1) is 0 Å². The summed E-state index contributed by atoms with van der Waals surface area (Å²) in [5.41, 5.74) is 0. The minimum atomic E-state index is 0.970. The first-order valence-corrected chi connectivity index (χ1v) is 14.1. The lowest BCUT2D eigenvalue weighted by molar-refractivity contribution is 0.516. The lowest BCUT2D eigenvalue weighted by Gasteiger charge is -2.04. The Balaban J connectivity index is 2.98. The van der Waals surface area contributed by atoms with Gasteiger partial charge < -0.3 is 0 Å². The molecule has 0 aromatic heterocycles. The zero-order valence-electron chi connectivity index (χ0n) is 20.9. The average molecular weight is 418 g/mol. The predicted molar refractivity (Wildman–Crippen MR) is 139 cm³/mol. The molecule has 0 unspecified atom stereocenters. The third-order valence-corrected chi connectivity index (χ3v) is 6.57. The van der Waals surface area contributed by atoms with Crippen LogP contribution >= 0.6 is 0 Å². The highest BCUT2D eigenvalue weighted by molar-refractivity contribution is 4.82. The van der Waals surface area contributed by atoms with Crippen molar-refractivity contribution in [1.82, 2.24) is 0 Å². The Labute approximate surface area is 192 Å². The Morgan fingerprint density at radius 2 is 0.533 bits per heavy atom. The standard InChI is InChI=1S/C30H57/c1-3-5-7-9-11-13-15-17-19-21-23-25-27-29-30-28-26-24-22-20-18-16-14-12-10-8-6-4-2/h1H,2,4-30H2. The molecule has 0 amide bonds. The van der Waals surface area contributed by atoms with Crippen LogP contribution in [0, 0.1) is 19.3 Å². The zero-order valence-corrected chi connectivity index (χ0v) is 20.9. The van der Waals surface area contributed by atoms with Crippen molar-refractivity contribution in [2.75, 3.05) is 0 Å². The van der Waals surface area contributed by atoms with Crippen LogP contribution in [-0.4, -0.2) is 0 Å². The molecule has 0 bridgehead atoms. The van der Waals surface area contributed by atoms with E-state index < -0.39 is 0 Å². The molecule has 177 valence electrons. The lowest BCUT2D eigenvalue weighted by atomic mass is 10.0. The molecule has 0 aromatic rings. The fourth-order valence-electron chi connectivity index (χ4n) is 4.47. The summed E-state index contributed by atoms with van der Waals surface area (Å²) in [4.78, 5) is 0. The van der Waals surface area contributed by atoms with Gasteiger partial charge in [0.2, 0.25) is 0 Å². The van der Waals surface area contributed by atoms with Crippen LogP contribution in [0.1, 0.15) is 173 Å². The van der Waals surface area contributed by atoms with Crippen molar-refractivity contribution in [3.05, 3.63) is 6.92 Å². The van der Waals surface area contributed by atoms with E-state index in [1.807, 2.05) is 0 Å². The minimum Gasteiger partial charge on any atom is -0.120 e. The fourth-order valence-corrected chi connectivity index (χ4v) is 4.47. The van der Waals surface area contributed by atoms with Gasteiger partial charge in [0.1, 0.15) is 0 Å². The number of hydrogen-bond acceptors (Lipinski definition) is 0. The summed E-state index contributed by atoms with van der Waals surface area (Å²) in [5.74, 6) is 2.73. The molecule has 0 fully saturated rings. The highest BCUT2D eigenvalue weighted by Gasteiger charge is 1.96. The summed E-state index contributed by atoms with van der Waals surface area (Å²) < 4.78 is 0. The topological polar surface area (TPSA) is 0 Å². The van der Waals surface area contributed by atoms with Gasteiger partial charge in [-0.15, -0.1) is 12.3 Å². The molecule has 0 N–H and O–H groups in total. The number of rotatable bonds is 26. The third kappa shape index (κ3) is 27.6. The molecular formula is C30H57. The molecule has 0 atom stereocenters. The molecule has 0 rings (SSSR count). The van der Waals surface area contributed by atoms with Crippen molar-refractivity contribution in [3.8, 4) is 12.3 Å². The summed E-state index contributed by atoms with van der Waals surface area (Å²) in [6.07, 6.45) is 43.4. The van der Waals surface area contributed by atoms with Crippen molar-refractivity contribution in [2.45, 2.75) is 173 Å². The Morgan fingerprint density at radius 1 is 0.333 bits per heavy atom. The summed E-state index contributed by atoms with van der Waals surface area (Å²) in [6.45, 7) is 3.91. The van der Waals surface area contributed by atoms with E-state index in [9.17, 15) is 0 Å². The van der Waals surface area contributed by atoms with Crippen LogP contribution < -0.4 is 0 Å². The molecule has 0 saturated carbocycles. The predicted octanol–water partition coefficient (Wildman–Crippen LogP) is 11.0. The maximum absolute atomic E-state index is 5.28. The van der Waals surface area contributed by atoms with Gasteiger partial charge in [0, 0.05) is 6.42 Å². The van der Waals surface area contributed by atoms with Gasteiger partial charge >= 0.3 is 0 Å². The Kier molecular flexibility index (Phi) is 28.1. The zero-order chi connectivity index (χ0) is 21.8. The second-order valence-corrected chi connectivity index (χ2v) is 9.65. The Morgan fingerprint density at radius 3 is 0.733 bits per heavy atom. The van der Waals surface area contributed by atoms with Crippen molar-refractivity contribution >= 4 is 0 Å². The first-order valence-electron chi connectivity index (χ1n) is 14.1. The average Bonchev–Trinajstić information content (AvgIpc) is 2.76. The van der Waals surface area contributed by atoms with Gasteiger partial charge in [-0.2, -0.15) is 0 Å². The largest absolute Gasteiger partial charge is 0.120 e. The lowest BCUT2D eigenvalue weighted by Crippen LogP contribution is -1.84. The number of terminal acetylenes is 1. The van der Waals surface area contributed by atoms with E-state index in [0.29, 0.717) is 0 Å². The van der Waals surface area contributed by atoms with Crippen LogP contribution in [0.25, 0.3) is 0 Å². The van der Waals surface area contributed by atoms with Gasteiger partial charge in [0.15, 0.2) is 0 Å². The molecule has 30 heavy (non-hydrogen) atoms. The van der Waals surface area contributed by atoms with E-state index in [2.05, 4.69) is 12.8 Å². The quantitative estimate of drug-likeness (QED) is 0.0969. The molecule has 1 radical (unpaired) electrons. The number of hydrogen-bond donors (Lipinski definition) is 0. The smallest absolute Gasteiger partial charge is 0.00860 e. The molecule has 0 spiro atoms. The van der Waals surface area contributed by atoms with E-state index in [1.165, 1.54) is 161 Å². The molecule has 0 nitrogen and oxygen atoms in total. The van der Waals surface area contributed by atoms with Crippen LogP contribution in [0.5, 0.6) is 0 Å². The SMILES string of the molecule is C#CCCCCCCCCCCCCCCCCCCCCCCCCCCC[CH2]. The Hall–Kier alpha value is -0.440. The highest BCUT2D eigenvalue weighted by atomic mass is 14.0. The van der Waals surface area contributed by atoms with E-state index in [0.717, 1.165) is 12.8 Å². The third-order valence-electron chi connectivity index (χ3n) is 6.57. The first-order chi connectivity index (χ1) is 14.9. The van der Waals surface area contributed by atoms with Crippen molar-refractivity contribution in [3.63, 3.8) is 0 Å². The van der Waals surface area contributed by atoms with Gasteiger partial charge in [-0.05, 0) is 6.42 Å². The minimum absolute atomic E-state index is 0.970. The second kappa shape index (κ2) is 28.6. The normalized spacial score (nSPS) is 11.1. The summed E-state index contributed by atoms with van der Waals surface area (Å²) >= 11 is 0. The monoisotopic (exact) mass is 417 g/mol. The van der Waals surface area contributed by atoms with Crippen molar-refractivity contribution in [2.24, 2.45) is 0 Å². The van der Waals surface area contributed by atoms with Gasteiger partial charge in [-0.3, -0.25) is 0 Å². The molecule has 0 aromatic carbocycles. The molecular weight excluding hydrogens is 360 g/mol. The Bertz CT molecular complexity index is 323. The van der Waals surface area contributed by atoms with Crippen molar-refractivity contribution in [1.29, 1.82) is 0 Å². The molecule has 0 saturated heterocycles. The van der Waals surface area contributed by atoms with E-state index >= 15 is 0 Å². The molecule has 0 aliphatic heterocycles. The summed E-state index contributed by atoms with van der Waals surface area (Å²) in [6, 6.07) is 0. The van der Waals surface area contributed by atoms with Crippen LogP contribution in [0.2, 0.25) is 0 Å².